The third-order valence-corrected chi connectivity index (χ3v) is 3.23. The predicted molar refractivity (Wildman–Crippen MR) is 62.4 cm³/mol. The van der Waals surface area contributed by atoms with Gasteiger partial charge >= 0.3 is 0 Å². The summed E-state index contributed by atoms with van der Waals surface area (Å²) in [6.07, 6.45) is 6.46. The number of hydrogen-bond donors (Lipinski definition) is 1. The van der Waals surface area contributed by atoms with Gasteiger partial charge in [0.05, 0.1) is 0 Å². The maximum atomic E-state index is 6.21. The van der Waals surface area contributed by atoms with E-state index in [0.717, 1.165) is 19.0 Å². The van der Waals surface area contributed by atoms with Crippen LogP contribution in [0.1, 0.15) is 52.9 Å². The minimum absolute atomic E-state index is 0.0102. The van der Waals surface area contributed by atoms with Crippen LogP contribution in [-0.2, 0) is 0 Å². The zero-order valence-electron chi connectivity index (χ0n) is 10.1. The number of unbranched alkanes of at least 4 members (excludes halogenated alkanes) is 1. The van der Waals surface area contributed by atoms with Crippen LogP contribution in [0.4, 0.5) is 0 Å². The molecule has 2 nitrogen and oxygen atoms in total. The Morgan fingerprint density at radius 3 is 2.43 bits per heavy atom. The fraction of sp³-hybridized carbons (Fsp3) is 1.00. The summed E-state index contributed by atoms with van der Waals surface area (Å²) in [5.74, 6) is 0. The van der Waals surface area contributed by atoms with Crippen LogP contribution in [0.3, 0.4) is 0 Å². The van der Waals surface area contributed by atoms with Crippen LogP contribution in [0, 0.1) is 0 Å². The minimum Gasteiger partial charge on any atom is -0.324 e. The molecular formula is C12H26N2. The zero-order chi connectivity index (χ0) is 10.6. The van der Waals surface area contributed by atoms with Crippen molar-refractivity contribution in [3.05, 3.63) is 0 Å². The molecule has 0 heterocycles. The molecule has 1 atom stereocenters. The van der Waals surface area contributed by atoms with Crippen molar-refractivity contribution >= 4 is 0 Å². The van der Waals surface area contributed by atoms with Crippen molar-refractivity contribution in [2.75, 3.05) is 13.1 Å². The number of hydrogen-bond acceptors (Lipinski definition) is 2. The maximum absolute atomic E-state index is 6.21. The maximum Gasteiger partial charge on any atom is 0.0252 e. The molecule has 0 aliphatic heterocycles. The van der Waals surface area contributed by atoms with E-state index in [0.29, 0.717) is 0 Å². The van der Waals surface area contributed by atoms with E-state index in [9.17, 15) is 0 Å². The quantitative estimate of drug-likeness (QED) is 0.680. The smallest absolute Gasteiger partial charge is 0.0252 e. The zero-order valence-corrected chi connectivity index (χ0v) is 10.1. The first-order chi connectivity index (χ1) is 6.59. The molecular weight excluding hydrogens is 172 g/mol. The highest BCUT2D eigenvalue weighted by Gasteiger charge is 2.31. The average Bonchev–Trinajstić information content (AvgIpc) is 2.95. The van der Waals surface area contributed by atoms with Crippen molar-refractivity contribution in [2.24, 2.45) is 5.73 Å². The Morgan fingerprint density at radius 1 is 1.36 bits per heavy atom. The van der Waals surface area contributed by atoms with E-state index in [-0.39, 0.29) is 5.54 Å². The first kappa shape index (κ1) is 12.0. The van der Waals surface area contributed by atoms with Gasteiger partial charge in [0, 0.05) is 18.1 Å². The number of nitrogens with two attached hydrogens (primary N) is 1. The molecule has 0 aromatic carbocycles. The van der Waals surface area contributed by atoms with Gasteiger partial charge in [-0.15, -0.1) is 0 Å². The number of rotatable bonds is 7. The normalized spacial score (nSPS) is 21.2. The lowest BCUT2D eigenvalue weighted by molar-refractivity contribution is 0.201. The topological polar surface area (TPSA) is 29.3 Å². The van der Waals surface area contributed by atoms with Crippen molar-refractivity contribution in [1.82, 2.24) is 4.90 Å². The van der Waals surface area contributed by atoms with Gasteiger partial charge in [0.25, 0.3) is 0 Å². The molecule has 0 aromatic heterocycles. The summed E-state index contributed by atoms with van der Waals surface area (Å²) in [6.45, 7) is 8.94. The highest BCUT2D eigenvalue weighted by Crippen LogP contribution is 2.28. The summed E-state index contributed by atoms with van der Waals surface area (Å²) in [6, 6.07) is 0.857. The first-order valence-electron chi connectivity index (χ1n) is 6.12. The van der Waals surface area contributed by atoms with Crippen molar-refractivity contribution < 1.29 is 0 Å². The van der Waals surface area contributed by atoms with E-state index in [1.54, 1.807) is 0 Å². The summed E-state index contributed by atoms with van der Waals surface area (Å²) in [5.41, 5.74) is 6.22. The van der Waals surface area contributed by atoms with Crippen molar-refractivity contribution in [3.8, 4) is 0 Å². The minimum atomic E-state index is 0.0102. The van der Waals surface area contributed by atoms with Crippen LogP contribution in [0.2, 0.25) is 0 Å². The lowest BCUT2D eigenvalue weighted by Crippen LogP contribution is -2.48. The van der Waals surface area contributed by atoms with Crippen molar-refractivity contribution in [2.45, 2.75) is 64.5 Å². The van der Waals surface area contributed by atoms with Crippen LogP contribution in [0.15, 0.2) is 0 Å². The van der Waals surface area contributed by atoms with E-state index in [1.165, 1.54) is 32.2 Å². The molecule has 14 heavy (non-hydrogen) atoms. The predicted octanol–water partition coefficient (Wildman–Crippen LogP) is 2.38. The summed E-state index contributed by atoms with van der Waals surface area (Å²) < 4.78 is 0. The molecule has 1 fully saturated rings. The molecule has 84 valence electrons. The molecule has 0 amide bonds. The Hall–Kier alpha value is -0.0800. The van der Waals surface area contributed by atoms with Crippen LogP contribution >= 0.6 is 0 Å². The highest BCUT2D eigenvalue weighted by atomic mass is 15.2. The number of nitrogens with zero attached hydrogens (tertiary/aromatic N) is 1. The second-order valence-corrected chi connectivity index (χ2v) is 5.06. The van der Waals surface area contributed by atoms with Gasteiger partial charge in [-0.2, -0.15) is 0 Å². The monoisotopic (exact) mass is 198 g/mol. The fourth-order valence-corrected chi connectivity index (χ4v) is 1.77. The van der Waals surface area contributed by atoms with Crippen molar-refractivity contribution in [1.29, 1.82) is 0 Å². The first-order valence-corrected chi connectivity index (χ1v) is 6.12. The SMILES string of the molecule is CCCCN(CC(C)(N)CC)C1CC1. The lowest BCUT2D eigenvalue weighted by Gasteiger charge is -2.32. The van der Waals surface area contributed by atoms with Crippen LogP contribution in [0.5, 0.6) is 0 Å². The summed E-state index contributed by atoms with van der Waals surface area (Å²) in [4.78, 5) is 2.60. The van der Waals surface area contributed by atoms with E-state index in [4.69, 9.17) is 5.73 Å². The van der Waals surface area contributed by atoms with Gasteiger partial charge < -0.3 is 5.73 Å². The molecule has 2 heteroatoms. The second-order valence-electron chi connectivity index (χ2n) is 5.06. The Kier molecular flexibility index (Phi) is 4.39. The molecule has 0 radical (unpaired) electrons. The van der Waals surface area contributed by atoms with Crippen LogP contribution in [0.25, 0.3) is 0 Å². The molecule has 2 N–H and O–H groups in total. The molecule has 1 unspecified atom stereocenters. The van der Waals surface area contributed by atoms with Gasteiger partial charge in [-0.25, -0.2) is 0 Å². The second kappa shape index (κ2) is 5.13. The lowest BCUT2D eigenvalue weighted by atomic mass is 9.99. The van der Waals surface area contributed by atoms with Gasteiger partial charge in [0.2, 0.25) is 0 Å². The molecule has 0 spiro atoms. The molecule has 1 saturated carbocycles. The van der Waals surface area contributed by atoms with Gasteiger partial charge in [0.1, 0.15) is 0 Å². The largest absolute Gasteiger partial charge is 0.324 e. The van der Waals surface area contributed by atoms with E-state index >= 15 is 0 Å². The highest BCUT2D eigenvalue weighted by molar-refractivity contribution is 4.90. The van der Waals surface area contributed by atoms with Gasteiger partial charge in [-0.3, -0.25) is 4.90 Å². The third-order valence-electron chi connectivity index (χ3n) is 3.23. The Bertz CT molecular complexity index is 162. The van der Waals surface area contributed by atoms with Gasteiger partial charge in [-0.05, 0) is 39.2 Å². The van der Waals surface area contributed by atoms with E-state index < -0.39 is 0 Å². The summed E-state index contributed by atoms with van der Waals surface area (Å²) >= 11 is 0. The molecule has 0 saturated heterocycles. The average molecular weight is 198 g/mol. The van der Waals surface area contributed by atoms with Crippen LogP contribution in [-0.4, -0.2) is 29.6 Å². The van der Waals surface area contributed by atoms with Crippen LogP contribution < -0.4 is 5.73 Å². The van der Waals surface area contributed by atoms with E-state index in [1.807, 2.05) is 0 Å². The Labute approximate surface area is 88.8 Å². The molecule has 1 rings (SSSR count). The molecule has 0 bridgehead atoms. The van der Waals surface area contributed by atoms with Gasteiger partial charge in [-0.1, -0.05) is 20.3 Å². The Balaban J connectivity index is 2.34. The fourth-order valence-electron chi connectivity index (χ4n) is 1.77. The van der Waals surface area contributed by atoms with Crippen molar-refractivity contribution in [3.63, 3.8) is 0 Å². The molecule has 1 aliphatic carbocycles. The summed E-state index contributed by atoms with van der Waals surface area (Å²) in [5, 5.41) is 0. The van der Waals surface area contributed by atoms with Gasteiger partial charge in [0.15, 0.2) is 0 Å². The summed E-state index contributed by atoms with van der Waals surface area (Å²) in [7, 11) is 0. The van der Waals surface area contributed by atoms with E-state index in [2.05, 4.69) is 25.7 Å². The third kappa shape index (κ3) is 3.97. The molecule has 1 aliphatic rings. The Morgan fingerprint density at radius 2 is 2.00 bits per heavy atom. The standard InChI is InChI=1S/C12H26N2/c1-4-6-9-14(11-7-8-11)10-12(3,13)5-2/h11H,4-10,13H2,1-3H3. The molecule has 0 aromatic rings.